The van der Waals surface area contributed by atoms with Gasteiger partial charge < -0.3 is 10.2 Å². The minimum Gasteiger partial charge on any atom is -0.338 e. The van der Waals surface area contributed by atoms with Crippen LogP contribution in [0.4, 0.5) is 0 Å². The highest BCUT2D eigenvalue weighted by Crippen LogP contribution is 2.26. The smallest absolute Gasteiger partial charge is 0.222 e. The number of benzene rings is 1. The van der Waals surface area contributed by atoms with E-state index in [0.717, 1.165) is 44.0 Å². The minimum absolute atomic E-state index is 0. The van der Waals surface area contributed by atoms with Crippen molar-refractivity contribution in [2.75, 3.05) is 19.6 Å². The molecule has 0 aliphatic carbocycles. The molecule has 0 aromatic heterocycles. The quantitative estimate of drug-likeness (QED) is 0.924. The van der Waals surface area contributed by atoms with Gasteiger partial charge in [0.15, 0.2) is 0 Å². The minimum atomic E-state index is 0. The Kier molecular flexibility index (Phi) is 5.91. The van der Waals surface area contributed by atoms with Crippen LogP contribution in [-0.2, 0) is 17.8 Å². The lowest BCUT2D eigenvalue weighted by Crippen LogP contribution is -2.36. The van der Waals surface area contributed by atoms with Gasteiger partial charge in [-0.3, -0.25) is 4.79 Å². The molecule has 0 bridgehead atoms. The van der Waals surface area contributed by atoms with Crippen molar-refractivity contribution in [3.8, 4) is 0 Å². The molecule has 1 saturated heterocycles. The van der Waals surface area contributed by atoms with Gasteiger partial charge in [-0.25, -0.2) is 0 Å². The molecule has 116 valence electrons. The fourth-order valence-electron chi connectivity index (χ4n) is 3.22. The Labute approximate surface area is 137 Å². The van der Waals surface area contributed by atoms with E-state index in [1.165, 1.54) is 17.5 Å². The molecule has 1 fully saturated rings. The van der Waals surface area contributed by atoms with E-state index in [0.29, 0.717) is 18.2 Å². The van der Waals surface area contributed by atoms with Crippen LogP contribution in [0.25, 0.3) is 0 Å². The second-order valence-corrected chi connectivity index (χ2v) is 6.25. The number of nitrogens with zero attached hydrogens (tertiary/aromatic N) is 1. The van der Waals surface area contributed by atoms with Gasteiger partial charge in [0.25, 0.3) is 0 Å². The molecule has 2 aliphatic rings. The zero-order chi connectivity index (χ0) is 13.9. The van der Waals surface area contributed by atoms with Crippen LogP contribution in [0.15, 0.2) is 18.2 Å². The summed E-state index contributed by atoms with van der Waals surface area (Å²) in [6, 6.07) is 5.99. The van der Waals surface area contributed by atoms with Crippen molar-refractivity contribution in [1.82, 2.24) is 10.2 Å². The van der Waals surface area contributed by atoms with Crippen LogP contribution in [0.5, 0.6) is 0 Å². The van der Waals surface area contributed by atoms with E-state index in [2.05, 4.69) is 11.4 Å². The number of carbonyl (C=O) groups is 1. The van der Waals surface area contributed by atoms with Crippen LogP contribution < -0.4 is 5.32 Å². The largest absolute Gasteiger partial charge is 0.338 e. The summed E-state index contributed by atoms with van der Waals surface area (Å²) in [4.78, 5) is 14.3. The Hall–Kier alpha value is -0.770. The molecule has 2 aliphatic heterocycles. The average Bonchev–Trinajstić information content (AvgIpc) is 2.98. The third-order valence-corrected chi connectivity index (χ3v) is 4.84. The Morgan fingerprint density at radius 2 is 2.29 bits per heavy atom. The Bertz CT molecular complexity index is 501. The van der Waals surface area contributed by atoms with Gasteiger partial charge in [-0.2, -0.15) is 0 Å². The van der Waals surface area contributed by atoms with Gasteiger partial charge in [-0.15, -0.1) is 12.4 Å². The van der Waals surface area contributed by atoms with Gasteiger partial charge in [-0.1, -0.05) is 23.7 Å². The molecule has 1 N–H and O–H groups in total. The lowest BCUT2D eigenvalue weighted by Gasteiger charge is -2.29. The van der Waals surface area contributed by atoms with Crippen LogP contribution in [0.3, 0.4) is 0 Å². The molecule has 1 aromatic rings. The molecule has 1 atom stereocenters. The van der Waals surface area contributed by atoms with Gasteiger partial charge in [0.1, 0.15) is 0 Å². The zero-order valence-corrected chi connectivity index (χ0v) is 13.7. The van der Waals surface area contributed by atoms with Crippen molar-refractivity contribution in [3.05, 3.63) is 34.3 Å². The fourth-order valence-corrected chi connectivity index (χ4v) is 3.51. The summed E-state index contributed by atoms with van der Waals surface area (Å²) in [7, 11) is 0. The van der Waals surface area contributed by atoms with Gasteiger partial charge in [0.2, 0.25) is 5.91 Å². The maximum Gasteiger partial charge on any atom is 0.222 e. The number of hydrogen-bond acceptors (Lipinski definition) is 2. The molecule has 3 rings (SSSR count). The third-order valence-electron chi connectivity index (χ3n) is 4.49. The summed E-state index contributed by atoms with van der Waals surface area (Å²) >= 11 is 6.21. The van der Waals surface area contributed by atoms with Gasteiger partial charge in [-0.05, 0) is 55.5 Å². The van der Waals surface area contributed by atoms with Crippen LogP contribution >= 0.6 is 24.0 Å². The molecule has 0 radical (unpaired) electrons. The zero-order valence-electron chi connectivity index (χ0n) is 12.1. The second-order valence-electron chi connectivity index (χ2n) is 5.84. The summed E-state index contributed by atoms with van der Waals surface area (Å²) in [5.41, 5.74) is 2.43. The monoisotopic (exact) mass is 328 g/mol. The second kappa shape index (κ2) is 7.48. The van der Waals surface area contributed by atoms with E-state index < -0.39 is 0 Å². The Balaban J connectivity index is 0.00000161. The highest BCUT2D eigenvalue weighted by atomic mass is 35.5. The number of nitrogens with one attached hydrogen (secondary N) is 1. The Morgan fingerprint density at radius 3 is 3.05 bits per heavy atom. The lowest BCUT2D eigenvalue weighted by molar-refractivity contribution is -0.132. The molecule has 0 saturated carbocycles. The molecule has 1 aromatic carbocycles. The van der Waals surface area contributed by atoms with Crippen molar-refractivity contribution >= 4 is 29.9 Å². The predicted molar refractivity (Wildman–Crippen MR) is 88.0 cm³/mol. The highest BCUT2D eigenvalue weighted by molar-refractivity contribution is 6.31. The first-order valence-corrected chi connectivity index (χ1v) is 7.86. The van der Waals surface area contributed by atoms with Gasteiger partial charge in [0.05, 0.1) is 0 Å². The molecule has 0 spiro atoms. The Morgan fingerprint density at radius 1 is 1.43 bits per heavy atom. The van der Waals surface area contributed by atoms with Gasteiger partial charge >= 0.3 is 0 Å². The lowest BCUT2D eigenvalue weighted by atomic mass is 9.98. The maximum absolute atomic E-state index is 12.3. The standard InChI is InChI=1S/C16H21ClN2O.ClH/c17-15-3-1-2-13-11-19(9-7-14(13)15)16(20)5-4-12-6-8-18-10-12;/h1-3,12,18H,4-11H2;1H. The van der Waals surface area contributed by atoms with Crippen LogP contribution in [0, 0.1) is 5.92 Å². The first-order valence-electron chi connectivity index (χ1n) is 7.49. The fraction of sp³-hybridized carbons (Fsp3) is 0.562. The van der Waals surface area contributed by atoms with Crippen LogP contribution in [-0.4, -0.2) is 30.4 Å². The highest BCUT2D eigenvalue weighted by Gasteiger charge is 2.23. The molecular weight excluding hydrogens is 307 g/mol. The SMILES string of the molecule is Cl.O=C(CCC1CCNC1)N1CCc2c(Cl)cccc2C1. The molecular formula is C16H22Cl2N2O. The summed E-state index contributed by atoms with van der Waals surface area (Å²) in [5, 5.41) is 4.19. The van der Waals surface area contributed by atoms with Crippen molar-refractivity contribution in [1.29, 1.82) is 0 Å². The first-order chi connectivity index (χ1) is 9.74. The van der Waals surface area contributed by atoms with E-state index in [1.807, 2.05) is 17.0 Å². The average molecular weight is 329 g/mol. The summed E-state index contributed by atoms with van der Waals surface area (Å²) in [5.74, 6) is 0.980. The molecule has 1 unspecified atom stereocenters. The molecule has 2 heterocycles. The van der Waals surface area contributed by atoms with Crippen molar-refractivity contribution in [2.45, 2.75) is 32.2 Å². The number of amides is 1. The maximum atomic E-state index is 12.3. The summed E-state index contributed by atoms with van der Waals surface area (Å²) in [6.45, 7) is 3.70. The first kappa shape index (κ1) is 16.6. The number of fused-ring (bicyclic) bond motifs is 1. The number of hydrogen-bond donors (Lipinski definition) is 1. The summed E-state index contributed by atoms with van der Waals surface area (Å²) in [6.07, 6.45) is 3.80. The third kappa shape index (κ3) is 3.91. The van der Waals surface area contributed by atoms with Gasteiger partial charge in [0, 0.05) is 24.5 Å². The molecule has 1 amide bonds. The predicted octanol–water partition coefficient (Wildman–Crippen LogP) is 3.04. The van der Waals surface area contributed by atoms with E-state index in [-0.39, 0.29) is 12.4 Å². The van der Waals surface area contributed by atoms with E-state index >= 15 is 0 Å². The molecule has 3 nitrogen and oxygen atoms in total. The van der Waals surface area contributed by atoms with E-state index in [4.69, 9.17) is 11.6 Å². The van der Waals surface area contributed by atoms with Crippen molar-refractivity contribution < 1.29 is 4.79 Å². The summed E-state index contributed by atoms with van der Waals surface area (Å²) < 4.78 is 0. The van der Waals surface area contributed by atoms with E-state index in [9.17, 15) is 4.79 Å². The number of carbonyl (C=O) groups excluding carboxylic acids is 1. The van der Waals surface area contributed by atoms with Crippen LogP contribution in [0.2, 0.25) is 5.02 Å². The molecule has 21 heavy (non-hydrogen) atoms. The normalized spacial score (nSPS) is 20.8. The topological polar surface area (TPSA) is 32.3 Å². The van der Waals surface area contributed by atoms with E-state index in [1.54, 1.807) is 0 Å². The molecule has 5 heteroatoms. The number of rotatable bonds is 3. The van der Waals surface area contributed by atoms with Crippen LogP contribution in [0.1, 0.15) is 30.4 Å². The van der Waals surface area contributed by atoms with Crippen molar-refractivity contribution in [2.24, 2.45) is 5.92 Å². The number of halogens is 2. The van der Waals surface area contributed by atoms with Crippen molar-refractivity contribution in [3.63, 3.8) is 0 Å².